The number of ether oxygens (including phenoxy) is 9. The van der Waals surface area contributed by atoms with Crippen molar-refractivity contribution in [1.29, 1.82) is 0 Å². The third-order valence-corrected chi connectivity index (χ3v) is 11.8. The van der Waals surface area contributed by atoms with Crippen molar-refractivity contribution in [3.63, 3.8) is 0 Å². The molecule has 2 saturated heterocycles. The minimum Gasteiger partial charge on any atom is -0.462 e. The van der Waals surface area contributed by atoms with Crippen LogP contribution in [0.5, 0.6) is 0 Å². The van der Waals surface area contributed by atoms with Gasteiger partial charge in [-0.3, -0.25) is 9.69 Å². The van der Waals surface area contributed by atoms with E-state index in [1.807, 2.05) is 152 Å². The summed E-state index contributed by atoms with van der Waals surface area (Å²) < 4.78 is 58.2. The van der Waals surface area contributed by atoms with Crippen molar-refractivity contribution in [2.75, 3.05) is 19.0 Å². The van der Waals surface area contributed by atoms with Gasteiger partial charge in [0.2, 0.25) is 0 Å². The highest BCUT2D eigenvalue weighted by atomic mass is 35.5. The fraction of sp³-hybridized carbons (Fsp3) is 0.389. The number of benzene rings is 5. The summed E-state index contributed by atoms with van der Waals surface area (Å²) in [6.45, 7) is 4.59. The van der Waals surface area contributed by atoms with Crippen molar-refractivity contribution in [3.05, 3.63) is 190 Å². The maximum atomic E-state index is 15.0. The first kappa shape index (κ1) is 52.5. The molecule has 0 unspecified atom stereocenters. The van der Waals surface area contributed by atoms with Crippen molar-refractivity contribution in [2.24, 2.45) is 5.11 Å². The molecule has 5 aromatic carbocycles. The molecule has 5 aromatic rings. The molecule has 2 fully saturated rings. The number of hydrogen-bond acceptors (Lipinski definition) is 13. The second kappa shape index (κ2) is 26.2. The normalized spacial score (nSPS) is 23.2. The molecule has 9 atom stereocenters. The number of piperidine rings is 1. The van der Waals surface area contributed by atoms with Gasteiger partial charge < -0.3 is 42.6 Å². The Hall–Kier alpha value is -6.33. The second-order valence-electron chi connectivity index (χ2n) is 17.9. The van der Waals surface area contributed by atoms with Crippen LogP contribution in [0.2, 0.25) is 0 Å². The first-order valence-corrected chi connectivity index (χ1v) is 23.9. The number of hydrogen-bond donors (Lipinski definition) is 0. The molecular weight excluding hydrogens is 932 g/mol. The van der Waals surface area contributed by atoms with Crippen LogP contribution in [0, 0.1) is 0 Å². The fourth-order valence-corrected chi connectivity index (χ4v) is 8.33. The van der Waals surface area contributed by atoms with Gasteiger partial charge in [0.25, 0.3) is 0 Å². The van der Waals surface area contributed by atoms with Gasteiger partial charge in [0.05, 0.1) is 33.0 Å². The van der Waals surface area contributed by atoms with E-state index in [-0.39, 0.29) is 39.6 Å². The predicted molar refractivity (Wildman–Crippen MR) is 261 cm³/mol. The largest absolute Gasteiger partial charge is 0.462 e. The molecule has 1 amide bonds. The van der Waals surface area contributed by atoms with Crippen LogP contribution in [0.4, 0.5) is 4.79 Å². The van der Waals surface area contributed by atoms with Crippen LogP contribution < -0.4 is 0 Å². The SMILES string of the molecule is CC(C)(C)OC(=O)[C@H]1[C@@H](O[C@H]2O[C@H](COC(=O)CCl)[C@@H](OCc3ccccc3)[C@H](OCc3ccccc3)[C@H]2N=[N+]=[N-])[C@H](OCc2ccccc2)[C@@H](OCc2ccccc2)CN1C(=O)OCc1ccccc1. The van der Waals surface area contributed by atoms with E-state index < -0.39 is 91.1 Å². The van der Waals surface area contributed by atoms with Crippen LogP contribution in [0.1, 0.15) is 48.6 Å². The predicted octanol–water partition coefficient (Wildman–Crippen LogP) is 9.26. The van der Waals surface area contributed by atoms with Crippen LogP contribution in [-0.4, -0.2) is 103 Å². The summed E-state index contributed by atoms with van der Waals surface area (Å²) in [5.41, 5.74) is 13.2. The maximum absolute atomic E-state index is 15.0. The Morgan fingerprint density at radius 2 is 1.08 bits per heavy atom. The van der Waals surface area contributed by atoms with E-state index in [4.69, 9.17) is 54.2 Å². The minimum absolute atomic E-state index is 0.0244. The number of likely N-dealkylation sites (tertiary alicyclic amines) is 1. The zero-order chi connectivity index (χ0) is 50.0. The average molecular weight is 992 g/mol. The van der Waals surface area contributed by atoms with Gasteiger partial charge in [-0.2, -0.15) is 0 Å². The molecular formula is C54H59ClN4O12. The van der Waals surface area contributed by atoms with E-state index >= 15 is 0 Å². The zero-order valence-electron chi connectivity index (χ0n) is 39.9. The molecule has 0 bridgehead atoms. The third-order valence-electron chi connectivity index (χ3n) is 11.6. The number of carbonyl (C=O) groups is 3. The molecule has 7 rings (SSSR count). The van der Waals surface area contributed by atoms with E-state index in [0.717, 1.165) is 22.3 Å². The molecule has 0 saturated carbocycles. The highest BCUT2D eigenvalue weighted by Crippen LogP contribution is 2.36. The van der Waals surface area contributed by atoms with Crippen molar-refractivity contribution >= 4 is 29.6 Å². The van der Waals surface area contributed by atoms with Crippen LogP contribution in [0.15, 0.2) is 157 Å². The standard InChI is InChI=1S/C54H59ClN4O12/c1-54(2,3)71-51(61)46-50(47(65-32-38-21-11-5-12-22-38)42(63-31-37-19-9-4-10-20-37)30-59(46)53(62)68-35-41-27-17-8-18-28-41)70-52-45(57-58-56)49(67-34-40-25-15-7-16-26-40)48(43(69-52)36-64-44(60)29-55)66-33-39-23-13-6-14-24-39/h4-28,42-43,45-50,52H,29-36H2,1-3H3/t42-,43+,45+,46+,47+,48+,49+,50+,52+/m0/s1. The van der Waals surface area contributed by atoms with Crippen LogP contribution in [-0.2, 0) is 85.3 Å². The lowest BCUT2D eigenvalue weighted by Gasteiger charge is -2.50. The summed E-state index contributed by atoms with van der Waals surface area (Å²) in [6.07, 6.45) is -9.42. The number of carbonyl (C=O) groups excluding carboxylic acids is 3. The van der Waals surface area contributed by atoms with Crippen molar-refractivity contribution < 1.29 is 57.0 Å². The van der Waals surface area contributed by atoms with Gasteiger partial charge in [0.15, 0.2) is 12.3 Å². The lowest BCUT2D eigenvalue weighted by molar-refractivity contribution is -0.315. The molecule has 374 valence electrons. The Bertz CT molecular complexity index is 2470. The summed E-state index contributed by atoms with van der Waals surface area (Å²) in [7, 11) is 0. The number of esters is 2. The highest BCUT2D eigenvalue weighted by Gasteiger charge is 2.56. The van der Waals surface area contributed by atoms with E-state index in [1.165, 1.54) is 4.90 Å². The van der Waals surface area contributed by atoms with E-state index in [0.29, 0.717) is 5.56 Å². The topological polar surface area (TPSA) is 186 Å². The van der Waals surface area contributed by atoms with Crippen LogP contribution in [0.25, 0.3) is 10.4 Å². The van der Waals surface area contributed by atoms with Gasteiger partial charge in [-0.25, -0.2) is 9.59 Å². The van der Waals surface area contributed by atoms with E-state index in [2.05, 4.69) is 10.0 Å². The number of alkyl halides is 1. The molecule has 2 aliphatic heterocycles. The molecule has 0 aliphatic carbocycles. The first-order valence-electron chi connectivity index (χ1n) is 23.4. The number of rotatable bonds is 21. The molecule has 0 N–H and O–H groups in total. The Balaban J connectivity index is 1.34. The first-order chi connectivity index (χ1) is 34.5. The van der Waals surface area contributed by atoms with Crippen LogP contribution in [0.3, 0.4) is 0 Å². The van der Waals surface area contributed by atoms with Crippen molar-refractivity contribution in [2.45, 2.75) is 114 Å². The molecule has 71 heavy (non-hydrogen) atoms. The molecule has 0 spiro atoms. The Morgan fingerprint density at radius 1 is 0.634 bits per heavy atom. The Kier molecular flexibility index (Phi) is 19.4. The zero-order valence-corrected chi connectivity index (χ0v) is 40.6. The number of amides is 1. The summed E-state index contributed by atoms with van der Waals surface area (Å²) in [5, 5.41) is 4.24. The molecule has 0 aromatic heterocycles. The van der Waals surface area contributed by atoms with Gasteiger partial charge in [-0.15, -0.1) is 11.6 Å². The lowest BCUT2D eigenvalue weighted by Crippen LogP contribution is -2.69. The smallest absolute Gasteiger partial charge is 0.411 e. The molecule has 17 heteroatoms. The number of azide groups is 1. The summed E-state index contributed by atoms with van der Waals surface area (Å²) in [4.78, 5) is 46.8. The van der Waals surface area contributed by atoms with E-state index in [9.17, 15) is 19.9 Å². The Labute approximate surface area is 418 Å². The summed E-state index contributed by atoms with van der Waals surface area (Å²) in [5.74, 6) is -2.03. The van der Waals surface area contributed by atoms with Crippen molar-refractivity contribution in [1.82, 2.24) is 4.90 Å². The third kappa shape index (κ3) is 15.3. The van der Waals surface area contributed by atoms with Gasteiger partial charge in [-0.05, 0) is 54.1 Å². The monoisotopic (exact) mass is 990 g/mol. The number of nitrogens with zero attached hydrogens (tertiary/aromatic N) is 4. The van der Waals surface area contributed by atoms with Gasteiger partial charge >= 0.3 is 18.0 Å². The molecule has 0 radical (unpaired) electrons. The van der Waals surface area contributed by atoms with Crippen LogP contribution >= 0.6 is 11.6 Å². The van der Waals surface area contributed by atoms with Crippen molar-refractivity contribution in [3.8, 4) is 0 Å². The quantitative estimate of drug-likeness (QED) is 0.0170. The minimum atomic E-state index is -1.59. The maximum Gasteiger partial charge on any atom is 0.411 e. The fourth-order valence-electron chi connectivity index (χ4n) is 8.25. The Morgan fingerprint density at radius 3 is 1.55 bits per heavy atom. The summed E-state index contributed by atoms with van der Waals surface area (Å²) in [6, 6.07) is 43.7. The van der Waals surface area contributed by atoms with E-state index in [1.54, 1.807) is 20.8 Å². The molecule has 2 heterocycles. The van der Waals surface area contributed by atoms with Gasteiger partial charge in [-0.1, -0.05) is 157 Å². The lowest BCUT2D eigenvalue weighted by atomic mass is 9.92. The highest BCUT2D eigenvalue weighted by molar-refractivity contribution is 6.26. The average Bonchev–Trinajstić information content (AvgIpc) is 3.39. The van der Waals surface area contributed by atoms with Gasteiger partial charge in [0, 0.05) is 4.91 Å². The summed E-state index contributed by atoms with van der Waals surface area (Å²) >= 11 is 5.91. The molecule has 2 aliphatic rings. The molecule has 16 nitrogen and oxygen atoms in total. The van der Waals surface area contributed by atoms with Gasteiger partial charge in [0.1, 0.15) is 67.4 Å². The number of halogens is 1. The second-order valence-corrected chi connectivity index (χ2v) is 18.2.